The van der Waals surface area contributed by atoms with Crippen LogP contribution in [0.2, 0.25) is 0 Å². The molecule has 2 aliphatic rings. The van der Waals surface area contributed by atoms with Gasteiger partial charge in [0.2, 0.25) is 0 Å². The molecule has 60 valence electrons. The van der Waals surface area contributed by atoms with Gasteiger partial charge in [-0.2, -0.15) is 0 Å². The second kappa shape index (κ2) is 3.02. The van der Waals surface area contributed by atoms with Crippen molar-refractivity contribution in [3.8, 4) is 0 Å². The lowest BCUT2D eigenvalue weighted by Crippen LogP contribution is -2.23. The minimum absolute atomic E-state index is 1.15. The number of nitrogens with one attached hydrogen (secondary N) is 1. The Morgan fingerprint density at radius 2 is 2.27 bits per heavy atom. The van der Waals surface area contributed by atoms with Gasteiger partial charge in [-0.05, 0) is 31.3 Å². The minimum atomic E-state index is 1.15. The molecule has 0 amide bonds. The minimum Gasteiger partial charge on any atom is -0.385 e. The molecular weight excluding hydrogens is 202 g/mol. The van der Waals surface area contributed by atoms with E-state index in [2.05, 4.69) is 27.3 Å². The zero-order valence-corrected chi connectivity index (χ0v) is 8.08. The van der Waals surface area contributed by atoms with Crippen molar-refractivity contribution in [2.24, 2.45) is 0 Å². The Bertz CT molecular complexity index is 228. The van der Waals surface area contributed by atoms with Crippen LogP contribution >= 0.6 is 15.9 Å². The molecule has 1 fully saturated rings. The van der Waals surface area contributed by atoms with Crippen LogP contribution in [0.3, 0.4) is 0 Å². The third-order valence-corrected chi connectivity index (χ3v) is 3.16. The molecule has 0 aromatic rings. The van der Waals surface area contributed by atoms with Crippen LogP contribution in [0.5, 0.6) is 0 Å². The van der Waals surface area contributed by atoms with Gasteiger partial charge in [0.1, 0.15) is 0 Å². The van der Waals surface area contributed by atoms with Crippen molar-refractivity contribution in [1.82, 2.24) is 5.32 Å². The van der Waals surface area contributed by atoms with Crippen molar-refractivity contribution >= 4 is 15.9 Å². The molecule has 0 saturated carbocycles. The fraction of sp³-hybridized carbons (Fsp3) is 0.556. The number of halogens is 1. The molecular formula is C9H12BrN. The summed E-state index contributed by atoms with van der Waals surface area (Å²) in [6.45, 7) is 1.15. The highest BCUT2D eigenvalue weighted by molar-refractivity contribution is 9.11. The maximum Gasteiger partial charge on any atom is 0.0340 e. The maximum atomic E-state index is 3.63. The lowest BCUT2D eigenvalue weighted by Gasteiger charge is -2.25. The average Bonchev–Trinajstić information content (AvgIpc) is 2.06. The summed E-state index contributed by atoms with van der Waals surface area (Å²) in [5.41, 5.74) is 2.90. The average molecular weight is 214 g/mol. The number of rotatable bonds is 0. The Balaban J connectivity index is 2.29. The van der Waals surface area contributed by atoms with E-state index in [4.69, 9.17) is 0 Å². The van der Waals surface area contributed by atoms with Gasteiger partial charge in [-0.1, -0.05) is 22.0 Å². The van der Waals surface area contributed by atoms with Gasteiger partial charge in [0.15, 0.2) is 0 Å². The van der Waals surface area contributed by atoms with E-state index in [0.29, 0.717) is 0 Å². The molecule has 1 aliphatic heterocycles. The highest BCUT2D eigenvalue weighted by Gasteiger charge is 2.16. The smallest absolute Gasteiger partial charge is 0.0340 e. The molecule has 0 atom stereocenters. The van der Waals surface area contributed by atoms with E-state index >= 15 is 0 Å². The lowest BCUT2D eigenvalue weighted by atomic mass is 9.96. The summed E-state index contributed by atoms with van der Waals surface area (Å²) in [5, 5.41) is 3.42. The van der Waals surface area contributed by atoms with Gasteiger partial charge in [-0.15, -0.1) is 0 Å². The lowest BCUT2D eigenvalue weighted by molar-refractivity contribution is 0.653. The van der Waals surface area contributed by atoms with Crippen molar-refractivity contribution in [3.05, 3.63) is 21.8 Å². The first-order chi connectivity index (χ1) is 5.38. The summed E-state index contributed by atoms with van der Waals surface area (Å²) in [7, 11) is 0. The molecule has 0 aromatic heterocycles. The first kappa shape index (κ1) is 7.41. The summed E-state index contributed by atoms with van der Waals surface area (Å²) in [6.07, 6.45) is 7.23. The standard InChI is InChI=1S/C9H12BrN/c10-8-4-1-5-9-7(8)3-2-6-11-9/h5,11H,1-4,6H2. The summed E-state index contributed by atoms with van der Waals surface area (Å²) >= 11 is 3.63. The molecule has 0 bridgehead atoms. The molecule has 2 heteroatoms. The number of piperidine rings is 1. The SMILES string of the molecule is BrC1=C2CCCNC2=CCC1. The van der Waals surface area contributed by atoms with Crippen LogP contribution in [0.4, 0.5) is 0 Å². The topological polar surface area (TPSA) is 12.0 Å². The van der Waals surface area contributed by atoms with Gasteiger partial charge in [0.05, 0.1) is 0 Å². The van der Waals surface area contributed by atoms with E-state index in [1.807, 2.05) is 0 Å². The summed E-state index contributed by atoms with van der Waals surface area (Å²) in [6, 6.07) is 0. The Morgan fingerprint density at radius 3 is 3.09 bits per heavy atom. The molecule has 1 heterocycles. The van der Waals surface area contributed by atoms with Crippen molar-refractivity contribution < 1.29 is 0 Å². The van der Waals surface area contributed by atoms with Crippen LogP contribution in [-0.2, 0) is 0 Å². The zero-order valence-electron chi connectivity index (χ0n) is 6.49. The molecule has 0 radical (unpaired) electrons. The van der Waals surface area contributed by atoms with Crippen LogP contribution in [-0.4, -0.2) is 6.54 Å². The molecule has 1 aliphatic carbocycles. The van der Waals surface area contributed by atoms with Gasteiger partial charge in [-0.3, -0.25) is 0 Å². The molecule has 1 saturated heterocycles. The Labute approximate surface area is 75.7 Å². The molecule has 0 spiro atoms. The first-order valence-electron chi connectivity index (χ1n) is 4.20. The van der Waals surface area contributed by atoms with Crippen LogP contribution in [0, 0.1) is 0 Å². The van der Waals surface area contributed by atoms with E-state index in [0.717, 1.165) is 6.54 Å². The molecule has 1 N–H and O–H groups in total. The van der Waals surface area contributed by atoms with Crippen molar-refractivity contribution in [2.45, 2.75) is 25.7 Å². The molecule has 11 heavy (non-hydrogen) atoms. The summed E-state index contributed by atoms with van der Waals surface area (Å²) in [4.78, 5) is 0. The fourth-order valence-electron chi connectivity index (χ4n) is 1.70. The monoisotopic (exact) mass is 213 g/mol. The van der Waals surface area contributed by atoms with E-state index < -0.39 is 0 Å². The van der Waals surface area contributed by atoms with E-state index in [1.165, 1.54) is 41.4 Å². The Morgan fingerprint density at radius 1 is 1.36 bits per heavy atom. The van der Waals surface area contributed by atoms with E-state index in [1.54, 1.807) is 0 Å². The van der Waals surface area contributed by atoms with E-state index in [-0.39, 0.29) is 0 Å². The second-order valence-electron chi connectivity index (χ2n) is 3.07. The second-order valence-corrected chi connectivity index (χ2v) is 4.03. The highest BCUT2D eigenvalue weighted by atomic mass is 79.9. The molecule has 0 unspecified atom stereocenters. The number of hydrogen-bond donors (Lipinski definition) is 1. The van der Waals surface area contributed by atoms with E-state index in [9.17, 15) is 0 Å². The van der Waals surface area contributed by atoms with Gasteiger partial charge < -0.3 is 5.32 Å². The number of fused-ring (bicyclic) bond motifs is 1. The number of hydrogen-bond acceptors (Lipinski definition) is 1. The third-order valence-electron chi connectivity index (χ3n) is 2.28. The van der Waals surface area contributed by atoms with Crippen molar-refractivity contribution in [2.75, 3.05) is 6.54 Å². The number of allylic oxidation sites excluding steroid dienone is 3. The van der Waals surface area contributed by atoms with Crippen LogP contribution < -0.4 is 5.32 Å². The third kappa shape index (κ3) is 1.36. The molecule has 2 rings (SSSR count). The fourth-order valence-corrected chi connectivity index (χ4v) is 2.34. The molecule has 0 aromatic carbocycles. The van der Waals surface area contributed by atoms with Crippen molar-refractivity contribution in [3.63, 3.8) is 0 Å². The summed E-state index contributed by atoms with van der Waals surface area (Å²) in [5.74, 6) is 0. The van der Waals surface area contributed by atoms with Gasteiger partial charge in [0, 0.05) is 16.7 Å². The predicted molar refractivity (Wildman–Crippen MR) is 50.5 cm³/mol. The van der Waals surface area contributed by atoms with Crippen molar-refractivity contribution in [1.29, 1.82) is 0 Å². The van der Waals surface area contributed by atoms with Gasteiger partial charge in [0.25, 0.3) is 0 Å². The summed E-state index contributed by atoms with van der Waals surface area (Å²) < 4.78 is 1.42. The Kier molecular flexibility index (Phi) is 2.03. The normalized spacial score (nSPS) is 23.9. The van der Waals surface area contributed by atoms with Gasteiger partial charge in [-0.25, -0.2) is 0 Å². The van der Waals surface area contributed by atoms with Gasteiger partial charge >= 0.3 is 0 Å². The van der Waals surface area contributed by atoms with Crippen LogP contribution in [0.25, 0.3) is 0 Å². The maximum absolute atomic E-state index is 3.63. The molecule has 1 nitrogen and oxygen atoms in total. The first-order valence-corrected chi connectivity index (χ1v) is 4.99. The zero-order chi connectivity index (χ0) is 7.68. The Hall–Kier alpha value is -0.240. The van der Waals surface area contributed by atoms with Crippen LogP contribution in [0.1, 0.15) is 25.7 Å². The quantitative estimate of drug-likeness (QED) is 0.653. The highest BCUT2D eigenvalue weighted by Crippen LogP contribution is 2.32. The predicted octanol–water partition coefficient (Wildman–Crippen LogP) is 2.70. The van der Waals surface area contributed by atoms with Crippen LogP contribution in [0.15, 0.2) is 21.8 Å². The largest absolute Gasteiger partial charge is 0.385 e.